The highest BCUT2D eigenvalue weighted by Crippen LogP contribution is 2.46. The second kappa shape index (κ2) is 4.63. The van der Waals surface area contributed by atoms with Crippen molar-refractivity contribution in [2.24, 2.45) is 17.1 Å². The fourth-order valence-electron chi connectivity index (χ4n) is 3.42. The molecule has 0 radical (unpaired) electrons. The summed E-state index contributed by atoms with van der Waals surface area (Å²) in [6.45, 7) is 2.79. The van der Waals surface area contributed by atoms with Gasteiger partial charge in [-0.15, -0.1) is 0 Å². The molecule has 0 spiro atoms. The lowest BCUT2D eigenvalue weighted by molar-refractivity contribution is -0.0450. The largest absolute Gasteiger partial charge is 0.381 e. The molecule has 0 aromatic carbocycles. The molecule has 2 heteroatoms. The molecule has 2 fully saturated rings. The summed E-state index contributed by atoms with van der Waals surface area (Å²) in [5.74, 6) is 0.909. The summed E-state index contributed by atoms with van der Waals surface area (Å²) >= 11 is 0. The molecule has 82 valence electrons. The summed E-state index contributed by atoms with van der Waals surface area (Å²) in [5, 5.41) is 0. The maximum Gasteiger partial charge on any atom is 0.0525 e. The van der Waals surface area contributed by atoms with Crippen LogP contribution in [0, 0.1) is 11.3 Å². The van der Waals surface area contributed by atoms with Gasteiger partial charge in [0.2, 0.25) is 0 Å². The van der Waals surface area contributed by atoms with Crippen LogP contribution < -0.4 is 5.73 Å². The lowest BCUT2D eigenvalue weighted by Gasteiger charge is -2.42. The molecule has 0 amide bonds. The third kappa shape index (κ3) is 1.96. The van der Waals surface area contributed by atoms with E-state index in [4.69, 9.17) is 10.5 Å². The van der Waals surface area contributed by atoms with Crippen molar-refractivity contribution in [3.63, 3.8) is 0 Å². The van der Waals surface area contributed by atoms with Crippen molar-refractivity contribution in [3.8, 4) is 0 Å². The van der Waals surface area contributed by atoms with Gasteiger partial charge in [0.15, 0.2) is 0 Å². The Morgan fingerprint density at radius 2 is 2.00 bits per heavy atom. The van der Waals surface area contributed by atoms with Crippen molar-refractivity contribution < 1.29 is 4.74 Å². The minimum absolute atomic E-state index is 0.462. The van der Waals surface area contributed by atoms with E-state index in [1.54, 1.807) is 0 Å². The Morgan fingerprint density at radius 3 is 2.57 bits per heavy atom. The Kier molecular flexibility index (Phi) is 3.45. The smallest absolute Gasteiger partial charge is 0.0525 e. The molecule has 1 saturated carbocycles. The van der Waals surface area contributed by atoms with E-state index in [-0.39, 0.29) is 0 Å². The average Bonchev–Trinajstić information content (AvgIpc) is 2.73. The van der Waals surface area contributed by atoms with Crippen molar-refractivity contribution in [3.05, 3.63) is 0 Å². The van der Waals surface area contributed by atoms with Crippen LogP contribution in [-0.4, -0.2) is 19.8 Å². The molecule has 1 atom stereocenters. The van der Waals surface area contributed by atoms with E-state index >= 15 is 0 Å². The standard InChI is InChI=1S/C12H23NO/c13-8-7-12(6-3-9-14-10-12)11-4-1-2-5-11/h11H,1-10,13H2. The minimum atomic E-state index is 0.462. The van der Waals surface area contributed by atoms with Crippen LogP contribution in [-0.2, 0) is 4.74 Å². The Labute approximate surface area is 87.2 Å². The van der Waals surface area contributed by atoms with E-state index in [0.717, 1.165) is 25.7 Å². The van der Waals surface area contributed by atoms with Crippen LogP contribution in [0.15, 0.2) is 0 Å². The molecule has 1 aliphatic heterocycles. The highest BCUT2D eigenvalue weighted by Gasteiger charge is 2.40. The van der Waals surface area contributed by atoms with Crippen molar-refractivity contribution in [2.75, 3.05) is 19.8 Å². The molecule has 1 heterocycles. The van der Waals surface area contributed by atoms with Gasteiger partial charge in [0.25, 0.3) is 0 Å². The highest BCUT2D eigenvalue weighted by atomic mass is 16.5. The fourth-order valence-corrected chi connectivity index (χ4v) is 3.42. The molecule has 0 bridgehead atoms. The van der Waals surface area contributed by atoms with Crippen molar-refractivity contribution in [1.82, 2.24) is 0 Å². The first-order valence-electron chi connectivity index (χ1n) is 6.15. The maximum atomic E-state index is 5.76. The number of hydrogen-bond acceptors (Lipinski definition) is 2. The fraction of sp³-hybridized carbons (Fsp3) is 1.00. The summed E-state index contributed by atoms with van der Waals surface area (Å²) in [7, 11) is 0. The van der Waals surface area contributed by atoms with Gasteiger partial charge < -0.3 is 10.5 Å². The Morgan fingerprint density at radius 1 is 1.21 bits per heavy atom. The van der Waals surface area contributed by atoms with E-state index in [0.29, 0.717) is 5.41 Å². The van der Waals surface area contributed by atoms with Gasteiger partial charge in [-0.1, -0.05) is 12.8 Å². The van der Waals surface area contributed by atoms with Crippen molar-refractivity contribution >= 4 is 0 Å². The molecule has 0 aromatic heterocycles. The zero-order chi connectivity index (χ0) is 9.86. The molecule has 1 unspecified atom stereocenters. The first kappa shape index (κ1) is 10.4. The molecule has 0 aromatic rings. The quantitative estimate of drug-likeness (QED) is 0.753. The van der Waals surface area contributed by atoms with Crippen molar-refractivity contribution in [1.29, 1.82) is 0 Å². The minimum Gasteiger partial charge on any atom is -0.381 e. The van der Waals surface area contributed by atoms with E-state index < -0.39 is 0 Å². The summed E-state index contributed by atoms with van der Waals surface area (Å²) in [6.07, 6.45) is 9.48. The third-order valence-corrected chi connectivity index (χ3v) is 4.22. The summed E-state index contributed by atoms with van der Waals surface area (Å²) in [6, 6.07) is 0. The van der Waals surface area contributed by atoms with Crippen LogP contribution >= 0.6 is 0 Å². The first-order chi connectivity index (χ1) is 6.87. The van der Waals surface area contributed by atoms with Crippen LogP contribution in [0.5, 0.6) is 0 Å². The first-order valence-corrected chi connectivity index (χ1v) is 6.15. The lowest BCUT2D eigenvalue weighted by Crippen LogP contribution is -2.39. The van der Waals surface area contributed by atoms with Gasteiger partial charge >= 0.3 is 0 Å². The van der Waals surface area contributed by atoms with Gasteiger partial charge in [0.05, 0.1) is 6.61 Å². The van der Waals surface area contributed by atoms with E-state index in [1.165, 1.54) is 44.9 Å². The number of nitrogens with two attached hydrogens (primary N) is 1. The Hall–Kier alpha value is -0.0800. The Balaban J connectivity index is 2.02. The summed E-state index contributed by atoms with van der Waals surface area (Å²) in [4.78, 5) is 0. The molecule has 2 N–H and O–H groups in total. The predicted octanol–water partition coefficient (Wildman–Crippen LogP) is 2.32. The second-order valence-electron chi connectivity index (χ2n) is 5.04. The third-order valence-electron chi connectivity index (χ3n) is 4.22. The van der Waals surface area contributed by atoms with Gasteiger partial charge in [0.1, 0.15) is 0 Å². The van der Waals surface area contributed by atoms with Gasteiger partial charge in [-0.3, -0.25) is 0 Å². The monoisotopic (exact) mass is 197 g/mol. The SMILES string of the molecule is NCCC1(C2CCCC2)CCCOC1. The normalized spacial score (nSPS) is 34.9. The van der Waals surface area contributed by atoms with Gasteiger partial charge in [-0.05, 0) is 50.0 Å². The molecule has 2 aliphatic rings. The lowest BCUT2D eigenvalue weighted by atomic mass is 9.68. The van der Waals surface area contributed by atoms with Crippen LogP contribution in [0.25, 0.3) is 0 Å². The van der Waals surface area contributed by atoms with E-state index in [2.05, 4.69) is 0 Å². The average molecular weight is 197 g/mol. The molecule has 2 nitrogen and oxygen atoms in total. The van der Waals surface area contributed by atoms with Gasteiger partial charge in [-0.25, -0.2) is 0 Å². The molecular weight excluding hydrogens is 174 g/mol. The topological polar surface area (TPSA) is 35.2 Å². The van der Waals surface area contributed by atoms with Gasteiger partial charge in [0, 0.05) is 6.61 Å². The van der Waals surface area contributed by atoms with Crippen LogP contribution in [0.3, 0.4) is 0 Å². The van der Waals surface area contributed by atoms with Crippen LogP contribution in [0.2, 0.25) is 0 Å². The van der Waals surface area contributed by atoms with Crippen LogP contribution in [0.1, 0.15) is 44.9 Å². The zero-order valence-electron chi connectivity index (χ0n) is 9.13. The predicted molar refractivity (Wildman–Crippen MR) is 58.1 cm³/mol. The zero-order valence-corrected chi connectivity index (χ0v) is 9.13. The highest BCUT2D eigenvalue weighted by molar-refractivity contribution is 4.90. The Bertz CT molecular complexity index is 164. The molecule has 1 aliphatic carbocycles. The molecule has 1 saturated heterocycles. The van der Waals surface area contributed by atoms with Crippen molar-refractivity contribution in [2.45, 2.75) is 44.9 Å². The number of rotatable bonds is 3. The molecular formula is C12H23NO. The molecule has 14 heavy (non-hydrogen) atoms. The molecule has 2 rings (SSSR count). The summed E-state index contributed by atoms with van der Waals surface area (Å²) in [5.41, 5.74) is 6.22. The van der Waals surface area contributed by atoms with E-state index in [1.807, 2.05) is 0 Å². The number of ether oxygens (including phenoxy) is 1. The number of hydrogen-bond donors (Lipinski definition) is 1. The second-order valence-corrected chi connectivity index (χ2v) is 5.04. The van der Waals surface area contributed by atoms with Gasteiger partial charge in [-0.2, -0.15) is 0 Å². The van der Waals surface area contributed by atoms with E-state index in [9.17, 15) is 0 Å². The van der Waals surface area contributed by atoms with Crippen LogP contribution in [0.4, 0.5) is 0 Å². The maximum absolute atomic E-state index is 5.76. The summed E-state index contributed by atoms with van der Waals surface area (Å²) < 4.78 is 5.69.